The monoisotopic (exact) mass is 346 g/mol. The minimum absolute atomic E-state index is 0.160. The number of hydrogen-bond acceptors (Lipinski definition) is 6. The fourth-order valence-electron chi connectivity index (χ4n) is 3.08. The Kier molecular flexibility index (Phi) is 3.61. The Morgan fingerprint density at radius 1 is 1.24 bits per heavy atom. The average Bonchev–Trinajstić information content (AvgIpc) is 2.50. The third kappa shape index (κ3) is 2.54. The molecule has 0 amide bonds. The Bertz CT molecular complexity index is 916. The van der Waals surface area contributed by atoms with Crippen LogP contribution < -0.4 is 10.3 Å². The van der Waals surface area contributed by atoms with Crippen LogP contribution in [0.3, 0.4) is 0 Å². The van der Waals surface area contributed by atoms with Crippen molar-refractivity contribution in [1.29, 1.82) is 0 Å². The normalized spacial score (nSPS) is 24.2. The molecule has 2 heterocycles. The highest BCUT2D eigenvalue weighted by molar-refractivity contribution is 5.49. The number of ether oxygens (including phenoxy) is 1. The van der Waals surface area contributed by atoms with Gasteiger partial charge in [-0.15, -0.1) is 0 Å². The molecular formula is C17H18N2O6. The molecule has 8 nitrogen and oxygen atoms in total. The summed E-state index contributed by atoms with van der Waals surface area (Å²) in [4.78, 5) is 22.9. The van der Waals surface area contributed by atoms with Gasteiger partial charge in [-0.05, 0) is 32.9 Å². The maximum atomic E-state index is 12.4. The minimum Gasteiger partial charge on any atom is -0.506 e. The second kappa shape index (κ2) is 5.32. The Balaban J connectivity index is 2.34. The molecule has 2 unspecified atom stereocenters. The first-order chi connectivity index (χ1) is 11.5. The van der Waals surface area contributed by atoms with Crippen LogP contribution in [0.4, 0.5) is 5.69 Å². The number of rotatable bonds is 2. The van der Waals surface area contributed by atoms with Gasteiger partial charge in [0.2, 0.25) is 0 Å². The minimum atomic E-state index is -1.59. The second-order valence-corrected chi connectivity index (χ2v) is 6.77. The van der Waals surface area contributed by atoms with Crippen LogP contribution in [0.15, 0.2) is 41.3 Å². The molecule has 1 aliphatic heterocycles. The zero-order valence-corrected chi connectivity index (χ0v) is 14.0. The number of fused-ring (bicyclic) bond motifs is 1. The third-order valence-corrected chi connectivity index (χ3v) is 4.82. The van der Waals surface area contributed by atoms with Crippen molar-refractivity contribution in [3.8, 4) is 11.5 Å². The van der Waals surface area contributed by atoms with Gasteiger partial charge in [0.25, 0.3) is 11.2 Å². The van der Waals surface area contributed by atoms with Gasteiger partial charge in [-0.25, -0.2) is 0 Å². The number of non-ortho nitro benzene ring substituents is 1. The first-order valence-electron chi connectivity index (χ1n) is 7.65. The zero-order valence-electron chi connectivity index (χ0n) is 14.0. The molecule has 2 N–H and O–H groups in total. The van der Waals surface area contributed by atoms with Crippen LogP contribution in [-0.4, -0.2) is 30.9 Å². The number of aromatic hydroxyl groups is 1. The van der Waals surface area contributed by atoms with Gasteiger partial charge in [-0.1, -0.05) is 0 Å². The molecule has 0 fully saturated rings. The summed E-state index contributed by atoms with van der Waals surface area (Å²) in [6, 6.07) is 5.46. The molecule has 0 saturated heterocycles. The van der Waals surface area contributed by atoms with Crippen molar-refractivity contribution in [2.45, 2.75) is 38.0 Å². The summed E-state index contributed by atoms with van der Waals surface area (Å²) in [5.41, 5.74) is -3.03. The first-order valence-corrected chi connectivity index (χ1v) is 7.65. The van der Waals surface area contributed by atoms with E-state index in [4.69, 9.17) is 4.74 Å². The average molecular weight is 346 g/mol. The van der Waals surface area contributed by atoms with Crippen LogP contribution >= 0.6 is 0 Å². The molecule has 1 aliphatic rings. The molecule has 0 aliphatic carbocycles. The van der Waals surface area contributed by atoms with Gasteiger partial charge in [0, 0.05) is 30.0 Å². The molecular weight excluding hydrogens is 328 g/mol. The molecule has 0 saturated carbocycles. The predicted molar refractivity (Wildman–Crippen MR) is 88.9 cm³/mol. The molecule has 3 rings (SSSR count). The number of benzene rings is 1. The lowest BCUT2D eigenvalue weighted by molar-refractivity contribution is -0.385. The van der Waals surface area contributed by atoms with E-state index in [-0.39, 0.29) is 11.4 Å². The topological polar surface area (TPSA) is 115 Å². The Labute approximate surface area is 143 Å². The Morgan fingerprint density at radius 3 is 2.56 bits per heavy atom. The Morgan fingerprint density at radius 2 is 1.92 bits per heavy atom. The van der Waals surface area contributed by atoms with Crippen LogP contribution in [-0.2, 0) is 0 Å². The quantitative estimate of drug-likeness (QED) is 0.635. The van der Waals surface area contributed by atoms with Crippen molar-refractivity contribution in [1.82, 2.24) is 4.57 Å². The van der Waals surface area contributed by atoms with Crippen molar-refractivity contribution in [2.24, 2.45) is 0 Å². The number of nitrogens with zero attached hydrogens (tertiary/aromatic N) is 2. The van der Waals surface area contributed by atoms with E-state index in [0.717, 1.165) is 0 Å². The largest absolute Gasteiger partial charge is 0.506 e. The smallest absolute Gasteiger partial charge is 0.270 e. The van der Waals surface area contributed by atoms with E-state index in [1.54, 1.807) is 13.8 Å². The molecule has 0 bridgehead atoms. The number of pyridine rings is 1. The van der Waals surface area contributed by atoms with Gasteiger partial charge in [-0.3, -0.25) is 14.9 Å². The summed E-state index contributed by atoms with van der Waals surface area (Å²) in [6.45, 7) is 4.83. The van der Waals surface area contributed by atoms with Crippen molar-refractivity contribution in [3.63, 3.8) is 0 Å². The van der Waals surface area contributed by atoms with E-state index in [1.807, 2.05) is 0 Å². The molecule has 1 aromatic carbocycles. The van der Waals surface area contributed by atoms with Crippen LogP contribution in [0.2, 0.25) is 0 Å². The molecule has 8 heteroatoms. The third-order valence-electron chi connectivity index (χ3n) is 4.82. The van der Waals surface area contributed by atoms with E-state index in [9.17, 15) is 25.1 Å². The number of nitro benzene ring substituents is 1. The van der Waals surface area contributed by atoms with Crippen molar-refractivity contribution in [3.05, 3.63) is 62.6 Å². The van der Waals surface area contributed by atoms with Crippen LogP contribution in [0.5, 0.6) is 11.5 Å². The van der Waals surface area contributed by atoms with Gasteiger partial charge >= 0.3 is 0 Å². The number of aromatic nitrogens is 1. The summed E-state index contributed by atoms with van der Waals surface area (Å²) < 4.78 is 7.01. The molecule has 0 spiro atoms. The molecule has 1 aromatic heterocycles. The lowest BCUT2D eigenvalue weighted by atomic mass is 9.75. The summed E-state index contributed by atoms with van der Waals surface area (Å²) in [6.07, 6.45) is 1.20. The van der Waals surface area contributed by atoms with E-state index in [0.29, 0.717) is 11.3 Å². The van der Waals surface area contributed by atoms with E-state index >= 15 is 0 Å². The standard InChI is InChI=1S/C17H18N2O6/c1-16(2)17(3,22)15(18-9-11(20)5-7-14(18)21)12-8-10(19(23)24)4-6-13(12)25-16/h4-9,15,20,22H,1-3H3. The van der Waals surface area contributed by atoms with Crippen molar-refractivity contribution >= 4 is 5.69 Å². The lowest BCUT2D eigenvalue weighted by Crippen LogP contribution is -2.60. The van der Waals surface area contributed by atoms with Crippen molar-refractivity contribution in [2.75, 3.05) is 0 Å². The molecule has 2 aromatic rings. The van der Waals surface area contributed by atoms with Crippen LogP contribution in [0.1, 0.15) is 32.4 Å². The maximum absolute atomic E-state index is 12.4. The summed E-state index contributed by atoms with van der Waals surface area (Å²) in [5, 5.41) is 32.1. The number of nitro groups is 1. The van der Waals surface area contributed by atoms with Crippen LogP contribution in [0.25, 0.3) is 0 Å². The summed E-state index contributed by atoms with van der Waals surface area (Å²) in [7, 11) is 0. The van der Waals surface area contributed by atoms with Gasteiger partial charge in [0.1, 0.15) is 22.7 Å². The highest BCUT2D eigenvalue weighted by Crippen LogP contribution is 2.48. The van der Waals surface area contributed by atoms with E-state index in [1.165, 1.54) is 48.0 Å². The molecule has 0 radical (unpaired) electrons. The van der Waals surface area contributed by atoms with Gasteiger partial charge in [0.15, 0.2) is 0 Å². The van der Waals surface area contributed by atoms with Gasteiger partial charge in [-0.2, -0.15) is 0 Å². The Hall–Kier alpha value is -2.87. The second-order valence-electron chi connectivity index (χ2n) is 6.77. The SMILES string of the molecule is CC1(C)Oc2ccc([N+](=O)[O-])cc2C(n2cc(O)ccc2=O)C1(C)O. The van der Waals surface area contributed by atoms with Crippen molar-refractivity contribution < 1.29 is 19.9 Å². The maximum Gasteiger partial charge on any atom is 0.270 e. The lowest BCUT2D eigenvalue weighted by Gasteiger charge is -2.49. The van der Waals surface area contributed by atoms with Gasteiger partial charge < -0.3 is 19.5 Å². The van der Waals surface area contributed by atoms with Gasteiger partial charge in [0.05, 0.1) is 11.0 Å². The fourth-order valence-corrected chi connectivity index (χ4v) is 3.08. The highest BCUT2D eigenvalue weighted by Gasteiger charge is 2.54. The molecule has 25 heavy (non-hydrogen) atoms. The van der Waals surface area contributed by atoms with E-state index in [2.05, 4.69) is 0 Å². The summed E-state index contributed by atoms with van der Waals surface area (Å²) >= 11 is 0. The fraction of sp³-hybridized carbons (Fsp3) is 0.353. The molecule has 132 valence electrons. The van der Waals surface area contributed by atoms with E-state index < -0.39 is 27.7 Å². The first kappa shape index (κ1) is 17.0. The van der Waals surface area contributed by atoms with Crippen LogP contribution in [0, 0.1) is 10.1 Å². The highest BCUT2D eigenvalue weighted by atomic mass is 16.6. The predicted octanol–water partition coefficient (Wildman–Crippen LogP) is 1.97. The zero-order chi connectivity index (χ0) is 18.6. The number of hydrogen-bond donors (Lipinski definition) is 2. The number of aliphatic hydroxyl groups is 1. The molecule has 2 atom stereocenters. The summed E-state index contributed by atoms with van der Waals surface area (Å²) in [5.74, 6) is 0.175.